The molecule has 0 bridgehead atoms. The molecule has 0 radical (unpaired) electrons. The van der Waals surface area contributed by atoms with Gasteiger partial charge in [0.2, 0.25) is 0 Å². The second-order valence-corrected chi connectivity index (χ2v) is 4.40. The van der Waals surface area contributed by atoms with Gasteiger partial charge in [0.15, 0.2) is 0 Å². The van der Waals surface area contributed by atoms with Crippen LogP contribution in [0, 0.1) is 0 Å². The van der Waals surface area contributed by atoms with Crippen LogP contribution in [0.3, 0.4) is 0 Å². The van der Waals surface area contributed by atoms with Crippen LogP contribution in [-0.2, 0) is 0 Å². The van der Waals surface area contributed by atoms with E-state index in [2.05, 4.69) is 9.97 Å². The smallest absolute Gasteiger partial charge is 0.543 e. The topological polar surface area (TPSA) is 186 Å². The Morgan fingerprint density at radius 2 is 0.679 bits per heavy atom. The van der Waals surface area contributed by atoms with E-state index in [1.54, 1.807) is 0 Å². The van der Waals surface area contributed by atoms with E-state index in [0.29, 0.717) is 0 Å². The number of carboxylic acid groups (broad SMARTS) is 4. The van der Waals surface area contributed by atoms with Crippen LogP contribution < -0.4 is 139 Å². The molecule has 122 valence electrons. The zero-order valence-electron chi connectivity index (χ0n) is 15.5. The van der Waals surface area contributed by atoms with Gasteiger partial charge in [-0.2, -0.15) is 0 Å². The van der Waals surface area contributed by atoms with Crippen molar-refractivity contribution in [3.63, 3.8) is 0 Å². The van der Waals surface area contributed by atoms with Gasteiger partial charge in [0.25, 0.3) is 0 Å². The summed E-state index contributed by atoms with van der Waals surface area (Å²) in [5.74, 6) is -7.19. The van der Waals surface area contributed by atoms with Crippen molar-refractivity contribution in [2.45, 2.75) is 0 Å². The SMILES string of the molecule is O=C([O-])c1cc(-c2cc(C(=O)[O-])nc(C(=O)[O-])c2)cc(C(=O)[O-])n1.[Na+].[Na+].[Na+].[Na+]. The minimum atomic E-state index is -1.80. The minimum Gasteiger partial charge on any atom is -0.543 e. The Balaban J connectivity index is -0.00000156. The molecule has 0 atom stereocenters. The van der Waals surface area contributed by atoms with Crippen LogP contribution >= 0.6 is 0 Å². The predicted octanol–water partition coefficient (Wildman–Crippen LogP) is -16.4. The Labute approximate surface area is 246 Å². The van der Waals surface area contributed by atoms with Gasteiger partial charge in [0.05, 0.1) is 46.7 Å². The number of aromatic carboxylic acids is 4. The molecule has 14 heteroatoms. The standard InChI is InChI=1S/C14H8N2O8.4Na/c17-11(18)7-1-5(2-8(15-7)12(19)20)6-3-9(13(21)22)16-10(4-6)14(23)24;;;;/h1-4H,(H,17,18)(H,19,20)(H,21,22)(H,23,24);;;;/q;4*+1/p-4. The molecule has 0 aromatic carbocycles. The van der Waals surface area contributed by atoms with Gasteiger partial charge in [-0.15, -0.1) is 0 Å². The second-order valence-electron chi connectivity index (χ2n) is 4.40. The summed E-state index contributed by atoms with van der Waals surface area (Å²) in [6.45, 7) is 0. The molecule has 0 aliphatic heterocycles. The number of carbonyl (C=O) groups is 4. The summed E-state index contributed by atoms with van der Waals surface area (Å²) in [4.78, 5) is 50.2. The third kappa shape index (κ3) is 8.50. The van der Waals surface area contributed by atoms with E-state index in [4.69, 9.17) is 0 Å². The number of hydrogen-bond acceptors (Lipinski definition) is 10. The molecule has 2 heterocycles. The molecule has 0 fully saturated rings. The third-order valence-corrected chi connectivity index (χ3v) is 2.82. The van der Waals surface area contributed by atoms with Crippen LogP contribution in [0.15, 0.2) is 24.3 Å². The number of rotatable bonds is 5. The molecule has 10 nitrogen and oxygen atoms in total. The van der Waals surface area contributed by atoms with Crippen LogP contribution in [0.1, 0.15) is 42.0 Å². The maximum atomic E-state index is 10.9. The largest absolute Gasteiger partial charge is 1.00 e. The van der Waals surface area contributed by atoms with Crippen molar-refractivity contribution in [2.24, 2.45) is 0 Å². The van der Waals surface area contributed by atoms with E-state index in [-0.39, 0.29) is 129 Å². The number of aromatic nitrogens is 2. The van der Waals surface area contributed by atoms with Gasteiger partial charge in [-0.25, -0.2) is 9.97 Å². The first kappa shape index (κ1) is 32.8. The molecule has 0 amide bonds. The molecule has 0 saturated heterocycles. The summed E-state index contributed by atoms with van der Waals surface area (Å²) in [6, 6.07) is 3.48. The van der Waals surface area contributed by atoms with E-state index in [1.807, 2.05) is 0 Å². The molecule has 0 aliphatic rings. The van der Waals surface area contributed by atoms with E-state index in [1.165, 1.54) is 0 Å². The van der Waals surface area contributed by atoms with Gasteiger partial charge in [-0.3, -0.25) is 0 Å². The number of pyridine rings is 2. The second kappa shape index (κ2) is 14.2. The Kier molecular flexibility index (Phi) is 16.7. The van der Waals surface area contributed by atoms with Gasteiger partial charge in [0.1, 0.15) is 0 Å². The molecule has 0 aliphatic carbocycles. The molecular formula is C14H4N2Na4O8. The molecule has 2 aromatic heterocycles. The normalized spacial score (nSPS) is 8.71. The van der Waals surface area contributed by atoms with Crippen LogP contribution in [0.4, 0.5) is 0 Å². The first-order valence-electron chi connectivity index (χ1n) is 6.09. The van der Waals surface area contributed by atoms with Crippen molar-refractivity contribution in [1.82, 2.24) is 9.97 Å². The maximum absolute atomic E-state index is 10.9. The molecule has 0 spiro atoms. The molecule has 2 rings (SSSR count). The zero-order chi connectivity index (χ0) is 18.0. The minimum absolute atomic E-state index is 0. The summed E-state index contributed by atoms with van der Waals surface area (Å²) in [5, 5.41) is 43.6. The summed E-state index contributed by atoms with van der Waals surface area (Å²) >= 11 is 0. The summed E-state index contributed by atoms with van der Waals surface area (Å²) in [6.07, 6.45) is 0. The fourth-order valence-electron chi connectivity index (χ4n) is 1.81. The first-order valence-corrected chi connectivity index (χ1v) is 6.09. The fraction of sp³-hybridized carbons (Fsp3) is 0. The van der Waals surface area contributed by atoms with E-state index < -0.39 is 46.7 Å². The predicted molar refractivity (Wildman–Crippen MR) is 64.8 cm³/mol. The number of nitrogens with zero attached hydrogens (tertiary/aromatic N) is 2. The van der Waals surface area contributed by atoms with Crippen molar-refractivity contribution in [1.29, 1.82) is 0 Å². The van der Waals surface area contributed by atoms with Crippen LogP contribution in [0.5, 0.6) is 0 Å². The summed E-state index contributed by atoms with van der Waals surface area (Å²) < 4.78 is 0. The van der Waals surface area contributed by atoms with Gasteiger partial charge in [0, 0.05) is 0 Å². The van der Waals surface area contributed by atoms with Crippen molar-refractivity contribution in [3.05, 3.63) is 47.0 Å². The summed E-state index contributed by atoms with van der Waals surface area (Å²) in [5.41, 5.74) is -3.39. The molecule has 0 unspecified atom stereocenters. The number of hydrogen-bond donors (Lipinski definition) is 0. The van der Waals surface area contributed by atoms with Gasteiger partial charge >= 0.3 is 118 Å². The average molecular weight is 420 g/mol. The Bertz CT molecular complexity index is 769. The molecular weight excluding hydrogens is 416 g/mol. The van der Waals surface area contributed by atoms with Crippen molar-refractivity contribution in [3.8, 4) is 11.1 Å². The van der Waals surface area contributed by atoms with Gasteiger partial charge < -0.3 is 39.6 Å². The van der Waals surface area contributed by atoms with Crippen molar-refractivity contribution >= 4 is 23.9 Å². The molecule has 2 aromatic rings. The Hall–Kier alpha value is 0.180. The third-order valence-electron chi connectivity index (χ3n) is 2.82. The van der Waals surface area contributed by atoms with E-state index in [9.17, 15) is 39.6 Å². The van der Waals surface area contributed by atoms with Crippen LogP contribution in [0.25, 0.3) is 11.1 Å². The first-order chi connectivity index (χ1) is 11.2. The zero-order valence-corrected chi connectivity index (χ0v) is 23.5. The average Bonchev–Trinajstić information content (AvgIpc) is 2.53. The summed E-state index contributed by atoms with van der Waals surface area (Å²) in [7, 11) is 0. The van der Waals surface area contributed by atoms with E-state index >= 15 is 0 Å². The Morgan fingerprint density at radius 1 is 0.500 bits per heavy atom. The van der Waals surface area contributed by atoms with Crippen molar-refractivity contribution < 1.29 is 158 Å². The number of carbonyl (C=O) groups excluding carboxylic acids is 4. The fourth-order valence-corrected chi connectivity index (χ4v) is 1.81. The molecule has 28 heavy (non-hydrogen) atoms. The molecule has 0 saturated carbocycles. The van der Waals surface area contributed by atoms with E-state index in [0.717, 1.165) is 24.3 Å². The van der Waals surface area contributed by atoms with Gasteiger partial charge in [-0.1, -0.05) is 0 Å². The quantitative estimate of drug-likeness (QED) is 0.420. The molecule has 0 N–H and O–H groups in total. The Morgan fingerprint density at radius 3 is 0.821 bits per heavy atom. The van der Waals surface area contributed by atoms with Crippen LogP contribution in [-0.4, -0.2) is 33.8 Å². The van der Waals surface area contributed by atoms with Crippen LogP contribution in [0.2, 0.25) is 0 Å². The number of carboxylic acids is 4. The van der Waals surface area contributed by atoms with Crippen molar-refractivity contribution in [2.75, 3.05) is 0 Å². The maximum Gasteiger partial charge on any atom is 1.00 e. The monoisotopic (exact) mass is 420 g/mol. The van der Waals surface area contributed by atoms with Gasteiger partial charge in [-0.05, 0) is 35.4 Å².